The molecule has 0 aliphatic carbocycles. The van der Waals surface area contributed by atoms with Crippen LogP contribution in [0.15, 0.2) is 29.3 Å². The van der Waals surface area contributed by atoms with Crippen molar-refractivity contribution < 1.29 is 12.8 Å². The fraction of sp³-hybridized carbons (Fsp3) is 0.250. The molecule has 7 heteroatoms. The van der Waals surface area contributed by atoms with Gasteiger partial charge in [-0.25, -0.2) is 22.5 Å². The molecule has 1 aromatic carbocycles. The van der Waals surface area contributed by atoms with E-state index in [0.29, 0.717) is 5.56 Å². The highest BCUT2D eigenvalue weighted by molar-refractivity contribution is 7.89. The molecule has 0 aliphatic rings. The van der Waals surface area contributed by atoms with Gasteiger partial charge in [-0.05, 0) is 37.6 Å². The Bertz CT molecular complexity index is 696. The summed E-state index contributed by atoms with van der Waals surface area (Å²) in [6.45, 7) is 3.60. The van der Waals surface area contributed by atoms with Crippen LogP contribution in [-0.4, -0.2) is 13.4 Å². The molecule has 0 aliphatic heterocycles. The van der Waals surface area contributed by atoms with E-state index in [1.165, 1.54) is 23.5 Å². The molecule has 0 atom stereocenters. The van der Waals surface area contributed by atoms with E-state index in [2.05, 4.69) is 9.71 Å². The zero-order chi connectivity index (χ0) is 14.0. The molecule has 0 saturated heterocycles. The SMILES string of the molecule is Cc1ncc(CNS(=O)(=O)c2ccc(F)cc2C)s1. The van der Waals surface area contributed by atoms with Crippen LogP contribution in [0.4, 0.5) is 4.39 Å². The van der Waals surface area contributed by atoms with Gasteiger partial charge in [0.15, 0.2) is 0 Å². The van der Waals surface area contributed by atoms with Crippen molar-refractivity contribution in [2.75, 3.05) is 0 Å². The van der Waals surface area contributed by atoms with Crippen molar-refractivity contribution in [2.45, 2.75) is 25.3 Å². The second-order valence-corrected chi connectivity index (χ2v) is 7.13. The molecule has 0 fully saturated rings. The van der Waals surface area contributed by atoms with Crippen molar-refractivity contribution >= 4 is 21.4 Å². The fourth-order valence-electron chi connectivity index (χ4n) is 1.65. The third kappa shape index (κ3) is 3.37. The minimum absolute atomic E-state index is 0.0927. The van der Waals surface area contributed by atoms with Gasteiger partial charge in [-0.2, -0.15) is 0 Å². The van der Waals surface area contributed by atoms with Crippen molar-refractivity contribution in [1.29, 1.82) is 0 Å². The minimum atomic E-state index is -3.63. The molecule has 0 saturated carbocycles. The number of hydrogen-bond acceptors (Lipinski definition) is 4. The van der Waals surface area contributed by atoms with E-state index in [1.54, 1.807) is 13.1 Å². The molecule has 2 rings (SSSR count). The summed E-state index contributed by atoms with van der Waals surface area (Å²) < 4.78 is 39.6. The van der Waals surface area contributed by atoms with Crippen molar-refractivity contribution in [1.82, 2.24) is 9.71 Å². The summed E-state index contributed by atoms with van der Waals surface area (Å²) in [6, 6.07) is 3.61. The predicted octanol–water partition coefficient (Wildman–Crippen LogP) is 2.38. The lowest BCUT2D eigenvalue weighted by molar-refractivity contribution is 0.580. The van der Waals surface area contributed by atoms with Crippen LogP contribution < -0.4 is 4.72 Å². The highest BCUT2D eigenvalue weighted by Gasteiger charge is 2.17. The van der Waals surface area contributed by atoms with Gasteiger partial charge < -0.3 is 0 Å². The molecule has 4 nitrogen and oxygen atoms in total. The summed E-state index contributed by atoms with van der Waals surface area (Å²) in [6.07, 6.45) is 1.64. The van der Waals surface area contributed by atoms with E-state index < -0.39 is 15.8 Å². The van der Waals surface area contributed by atoms with E-state index >= 15 is 0 Å². The number of nitrogens with zero attached hydrogens (tertiary/aromatic N) is 1. The average molecular weight is 300 g/mol. The van der Waals surface area contributed by atoms with Gasteiger partial charge in [0.25, 0.3) is 0 Å². The quantitative estimate of drug-likeness (QED) is 0.943. The van der Waals surface area contributed by atoms with Gasteiger partial charge in [-0.15, -0.1) is 11.3 Å². The summed E-state index contributed by atoms with van der Waals surface area (Å²) in [4.78, 5) is 4.98. The van der Waals surface area contributed by atoms with Crippen LogP contribution in [0.1, 0.15) is 15.4 Å². The maximum absolute atomic E-state index is 13.0. The third-order valence-corrected chi connectivity index (χ3v) is 5.01. The molecule has 0 amide bonds. The summed E-state index contributed by atoms with van der Waals surface area (Å²) in [5, 5.41) is 0.882. The fourth-order valence-corrected chi connectivity index (χ4v) is 3.70. The standard InChI is InChI=1S/C12H13FN2O2S2/c1-8-5-10(13)3-4-12(8)19(16,17)15-7-11-6-14-9(2)18-11/h3-6,15H,7H2,1-2H3. The summed E-state index contributed by atoms with van der Waals surface area (Å²) in [5.41, 5.74) is 0.382. The van der Waals surface area contributed by atoms with Gasteiger partial charge in [0.1, 0.15) is 5.82 Å². The Labute approximate surface area is 115 Å². The predicted molar refractivity (Wildman–Crippen MR) is 72.0 cm³/mol. The van der Waals surface area contributed by atoms with Crippen LogP contribution in [0.3, 0.4) is 0 Å². The molecule has 19 heavy (non-hydrogen) atoms. The minimum Gasteiger partial charge on any atom is -0.250 e. The first-order chi connectivity index (χ1) is 8.88. The number of sulfonamides is 1. The van der Waals surface area contributed by atoms with Gasteiger partial charge in [-0.3, -0.25) is 0 Å². The number of thiazole rings is 1. The van der Waals surface area contributed by atoms with E-state index in [0.717, 1.165) is 16.0 Å². The monoisotopic (exact) mass is 300 g/mol. The number of rotatable bonds is 4. The number of benzene rings is 1. The lowest BCUT2D eigenvalue weighted by atomic mass is 10.2. The molecule has 0 spiro atoms. The van der Waals surface area contributed by atoms with Crippen LogP contribution >= 0.6 is 11.3 Å². The molecule has 102 valence electrons. The Morgan fingerprint density at radius 1 is 1.37 bits per heavy atom. The Balaban J connectivity index is 2.18. The average Bonchev–Trinajstić information content (AvgIpc) is 2.72. The first-order valence-electron chi connectivity index (χ1n) is 5.55. The molecule has 0 bridgehead atoms. The third-order valence-electron chi connectivity index (χ3n) is 2.53. The first kappa shape index (κ1) is 14.1. The molecule has 0 radical (unpaired) electrons. The second-order valence-electron chi connectivity index (χ2n) is 4.08. The molecular weight excluding hydrogens is 287 g/mol. The molecule has 2 aromatic rings. The summed E-state index contributed by atoms with van der Waals surface area (Å²) in [7, 11) is -3.63. The van der Waals surface area contributed by atoms with Crippen LogP contribution in [0, 0.1) is 19.7 Å². The zero-order valence-electron chi connectivity index (χ0n) is 10.5. The molecule has 1 N–H and O–H groups in total. The molecular formula is C12H13FN2O2S2. The second kappa shape index (κ2) is 5.36. The smallest absolute Gasteiger partial charge is 0.241 e. The Kier molecular flexibility index (Phi) is 3.98. The van der Waals surface area contributed by atoms with Crippen LogP contribution in [0.2, 0.25) is 0 Å². The van der Waals surface area contributed by atoms with Crippen molar-refractivity contribution in [3.63, 3.8) is 0 Å². The van der Waals surface area contributed by atoms with Crippen LogP contribution in [0.5, 0.6) is 0 Å². The Morgan fingerprint density at radius 2 is 2.11 bits per heavy atom. The maximum atomic E-state index is 13.0. The number of aromatic nitrogens is 1. The Hall–Kier alpha value is -1.31. The molecule has 0 unspecified atom stereocenters. The number of aryl methyl sites for hydroxylation is 2. The van der Waals surface area contributed by atoms with Gasteiger partial charge >= 0.3 is 0 Å². The van der Waals surface area contributed by atoms with Crippen LogP contribution in [-0.2, 0) is 16.6 Å². The lowest BCUT2D eigenvalue weighted by Crippen LogP contribution is -2.23. The van der Waals surface area contributed by atoms with Gasteiger partial charge in [0.2, 0.25) is 10.0 Å². The van der Waals surface area contributed by atoms with Gasteiger partial charge in [-0.1, -0.05) is 0 Å². The van der Waals surface area contributed by atoms with Crippen molar-refractivity contribution in [2.24, 2.45) is 0 Å². The number of hydrogen-bond donors (Lipinski definition) is 1. The van der Waals surface area contributed by atoms with Gasteiger partial charge in [0.05, 0.1) is 9.90 Å². The largest absolute Gasteiger partial charge is 0.250 e. The normalized spacial score (nSPS) is 11.7. The molecule has 1 aromatic heterocycles. The van der Waals surface area contributed by atoms with Crippen LogP contribution in [0.25, 0.3) is 0 Å². The van der Waals surface area contributed by atoms with E-state index in [4.69, 9.17) is 0 Å². The number of nitrogens with one attached hydrogen (secondary N) is 1. The van der Waals surface area contributed by atoms with E-state index in [1.807, 2.05) is 6.92 Å². The maximum Gasteiger partial charge on any atom is 0.241 e. The summed E-state index contributed by atoms with van der Waals surface area (Å²) >= 11 is 1.43. The Morgan fingerprint density at radius 3 is 2.68 bits per heavy atom. The number of halogens is 1. The highest BCUT2D eigenvalue weighted by Crippen LogP contribution is 2.17. The molecule has 1 heterocycles. The first-order valence-corrected chi connectivity index (χ1v) is 7.85. The summed E-state index contributed by atoms with van der Waals surface area (Å²) in [5.74, 6) is -0.450. The lowest BCUT2D eigenvalue weighted by Gasteiger charge is -2.08. The topological polar surface area (TPSA) is 59.1 Å². The zero-order valence-corrected chi connectivity index (χ0v) is 12.1. The van der Waals surface area contributed by atoms with Gasteiger partial charge in [0, 0.05) is 17.6 Å². The van der Waals surface area contributed by atoms with Crippen molar-refractivity contribution in [3.05, 3.63) is 45.7 Å². The highest BCUT2D eigenvalue weighted by atomic mass is 32.2. The van der Waals surface area contributed by atoms with E-state index in [9.17, 15) is 12.8 Å². The van der Waals surface area contributed by atoms with E-state index in [-0.39, 0.29) is 11.4 Å². The van der Waals surface area contributed by atoms with Crippen molar-refractivity contribution in [3.8, 4) is 0 Å².